The summed E-state index contributed by atoms with van der Waals surface area (Å²) in [6.45, 7) is 0.699. The lowest BCUT2D eigenvalue weighted by atomic mass is 10.3. The maximum atomic E-state index is 12.0. The van der Waals surface area contributed by atoms with E-state index in [1.54, 1.807) is 35.9 Å². The molecule has 0 aliphatic heterocycles. The van der Waals surface area contributed by atoms with Crippen LogP contribution in [0, 0.1) is 0 Å². The molecule has 0 aliphatic carbocycles. The van der Waals surface area contributed by atoms with Crippen LogP contribution >= 0.6 is 11.3 Å². The number of amides is 1. The highest BCUT2D eigenvalue weighted by atomic mass is 32.1. The van der Waals surface area contributed by atoms with Crippen molar-refractivity contribution in [1.29, 1.82) is 0 Å². The van der Waals surface area contributed by atoms with Crippen LogP contribution in [0.3, 0.4) is 0 Å². The molecule has 0 radical (unpaired) electrons. The van der Waals surface area contributed by atoms with E-state index >= 15 is 0 Å². The molecule has 0 aromatic carbocycles. The fourth-order valence-corrected chi connectivity index (χ4v) is 2.80. The summed E-state index contributed by atoms with van der Waals surface area (Å²) in [7, 11) is 0. The minimum absolute atomic E-state index is 0.312. The van der Waals surface area contributed by atoms with Crippen LogP contribution in [-0.2, 0) is 6.42 Å². The highest BCUT2D eigenvalue weighted by molar-refractivity contribution is 7.09. The van der Waals surface area contributed by atoms with Gasteiger partial charge in [-0.05, 0) is 30.0 Å². The molecule has 0 saturated heterocycles. The van der Waals surface area contributed by atoms with Crippen molar-refractivity contribution < 1.29 is 4.79 Å². The average Bonchev–Trinajstić information content (AvgIpc) is 3.16. The standard InChI is InChI=1S/C16H17N7OS/c17-13-14(19-8-5-12-2-1-9-25-12)20-10-21-15(13)22-23-16(24)11-3-6-18-7-4-11/h1-4,6-7,9-10H,5,8,17H2,(H,23,24)(H2,19,20,21,22). The van der Waals surface area contributed by atoms with Crippen LogP contribution in [0.4, 0.5) is 17.3 Å². The Morgan fingerprint density at radius 3 is 2.72 bits per heavy atom. The molecule has 0 aliphatic rings. The molecule has 3 heterocycles. The summed E-state index contributed by atoms with van der Waals surface area (Å²) < 4.78 is 0. The van der Waals surface area contributed by atoms with Crippen molar-refractivity contribution in [2.45, 2.75) is 6.42 Å². The predicted octanol–water partition coefficient (Wildman–Crippen LogP) is 1.93. The summed E-state index contributed by atoms with van der Waals surface area (Å²) in [6, 6.07) is 7.32. The van der Waals surface area contributed by atoms with Gasteiger partial charge in [-0.25, -0.2) is 9.97 Å². The zero-order valence-electron chi connectivity index (χ0n) is 13.3. The molecule has 0 fully saturated rings. The summed E-state index contributed by atoms with van der Waals surface area (Å²) in [5.41, 5.74) is 12.1. The molecule has 9 heteroatoms. The Morgan fingerprint density at radius 2 is 1.96 bits per heavy atom. The van der Waals surface area contributed by atoms with Crippen molar-refractivity contribution in [2.75, 3.05) is 23.0 Å². The number of thiophene rings is 1. The fraction of sp³-hybridized carbons (Fsp3) is 0.125. The van der Waals surface area contributed by atoms with E-state index in [0.717, 1.165) is 6.42 Å². The van der Waals surface area contributed by atoms with Crippen LogP contribution in [-0.4, -0.2) is 27.4 Å². The molecular weight excluding hydrogens is 338 g/mol. The maximum Gasteiger partial charge on any atom is 0.269 e. The Kier molecular flexibility index (Phi) is 5.37. The van der Waals surface area contributed by atoms with Gasteiger partial charge >= 0.3 is 0 Å². The molecule has 25 heavy (non-hydrogen) atoms. The lowest BCUT2D eigenvalue weighted by molar-refractivity contribution is 0.0962. The summed E-state index contributed by atoms with van der Waals surface area (Å²) in [6.07, 6.45) is 5.35. The molecule has 128 valence electrons. The second-order valence-electron chi connectivity index (χ2n) is 5.06. The monoisotopic (exact) mass is 355 g/mol. The SMILES string of the molecule is Nc1c(NCCc2cccs2)ncnc1NNC(=O)c1ccncc1. The number of carbonyl (C=O) groups is 1. The highest BCUT2D eigenvalue weighted by Crippen LogP contribution is 2.21. The maximum absolute atomic E-state index is 12.0. The number of rotatable bonds is 7. The molecule has 0 bridgehead atoms. The second-order valence-corrected chi connectivity index (χ2v) is 6.09. The second kappa shape index (κ2) is 8.06. The summed E-state index contributed by atoms with van der Waals surface area (Å²) in [5, 5.41) is 5.22. The summed E-state index contributed by atoms with van der Waals surface area (Å²) in [4.78, 5) is 25.4. The molecule has 0 unspecified atom stereocenters. The number of carbonyl (C=O) groups excluding carboxylic acids is 1. The molecule has 1 amide bonds. The Hall–Kier alpha value is -3.20. The van der Waals surface area contributed by atoms with E-state index in [9.17, 15) is 4.79 Å². The van der Waals surface area contributed by atoms with E-state index in [1.165, 1.54) is 11.2 Å². The van der Waals surface area contributed by atoms with E-state index in [1.807, 2.05) is 11.4 Å². The van der Waals surface area contributed by atoms with Crippen molar-refractivity contribution in [3.63, 3.8) is 0 Å². The van der Waals surface area contributed by atoms with Gasteiger partial charge in [-0.1, -0.05) is 6.07 Å². The van der Waals surface area contributed by atoms with E-state index in [4.69, 9.17) is 5.73 Å². The quantitative estimate of drug-likeness (QED) is 0.478. The first-order valence-corrected chi connectivity index (χ1v) is 8.45. The predicted molar refractivity (Wildman–Crippen MR) is 98.3 cm³/mol. The zero-order chi connectivity index (χ0) is 17.5. The number of pyridine rings is 1. The van der Waals surface area contributed by atoms with Crippen LogP contribution in [0.25, 0.3) is 0 Å². The van der Waals surface area contributed by atoms with Gasteiger partial charge in [0.05, 0.1) is 0 Å². The van der Waals surface area contributed by atoms with Crippen LogP contribution < -0.4 is 21.9 Å². The first kappa shape index (κ1) is 16.7. The van der Waals surface area contributed by atoms with Crippen LogP contribution in [0.1, 0.15) is 15.2 Å². The molecule has 8 nitrogen and oxygen atoms in total. The van der Waals surface area contributed by atoms with Gasteiger partial charge in [-0.2, -0.15) is 0 Å². The fourth-order valence-electron chi connectivity index (χ4n) is 2.09. The zero-order valence-corrected chi connectivity index (χ0v) is 14.1. The van der Waals surface area contributed by atoms with Crippen LogP contribution in [0.15, 0.2) is 48.4 Å². The van der Waals surface area contributed by atoms with E-state index < -0.39 is 0 Å². The molecule has 0 spiro atoms. The third kappa shape index (κ3) is 4.42. The molecule has 0 saturated carbocycles. The number of nitrogens with two attached hydrogens (primary N) is 1. The Labute approximate surface area is 148 Å². The first-order chi connectivity index (χ1) is 12.2. The smallest absolute Gasteiger partial charge is 0.269 e. The first-order valence-electron chi connectivity index (χ1n) is 7.57. The van der Waals surface area contributed by atoms with Crippen LogP contribution in [0.5, 0.6) is 0 Å². The Bertz CT molecular complexity index is 824. The van der Waals surface area contributed by atoms with Crippen molar-refractivity contribution in [3.8, 4) is 0 Å². The number of nitrogen functional groups attached to an aromatic ring is 1. The topological polar surface area (TPSA) is 118 Å². The molecule has 3 rings (SSSR count). The van der Waals surface area contributed by atoms with E-state index in [2.05, 4.69) is 37.2 Å². The number of hydrazine groups is 1. The van der Waals surface area contributed by atoms with Crippen molar-refractivity contribution >= 4 is 34.6 Å². The third-order valence-electron chi connectivity index (χ3n) is 3.36. The van der Waals surface area contributed by atoms with Gasteiger partial charge in [0.1, 0.15) is 12.0 Å². The molecule has 5 N–H and O–H groups in total. The van der Waals surface area contributed by atoms with Gasteiger partial charge in [-0.15, -0.1) is 11.3 Å². The lowest BCUT2D eigenvalue weighted by Crippen LogP contribution is -2.30. The van der Waals surface area contributed by atoms with Crippen molar-refractivity contribution in [1.82, 2.24) is 20.4 Å². The number of aromatic nitrogens is 3. The summed E-state index contributed by atoms with van der Waals surface area (Å²) >= 11 is 1.71. The number of hydrogen-bond donors (Lipinski definition) is 4. The van der Waals surface area contributed by atoms with Gasteiger partial charge in [0.2, 0.25) is 0 Å². The van der Waals surface area contributed by atoms with Gasteiger partial charge < -0.3 is 11.1 Å². The number of nitrogens with zero attached hydrogens (tertiary/aromatic N) is 3. The Morgan fingerprint density at radius 1 is 1.16 bits per heavy atom. The largest absolute Gasteiger partial charge is 0.393 e. The lowest BCUT2D eigenvalue weighted by Gasteiger charge is -2.13. The Balaban J connectivity index is 1.57. The van der Waals surface area contributed by atoms with Crippen molar-refractivity contribution in [2.24, 2.45) is 0 Å². The molecule has 0 atom stereocenters. The summed E-state index contributed by atoms with van der Waals surface area (Å²) in [5.74, 6) is 0.538. The molecular formula is C16H17N7OS. The third-order valence-corrected chi connectivity index (χ3v) is 4.30. The molecule has 3 aromatic heterocycles. The van der Waals surface area contributed by atoms with Gasteiger partial charge in [0.25, 0.3) is 5.91 Å². The van der Waals surface area contributed by atoms with Gasteiger partial charge in [0.15, 0.2) is 11.6 Å². The number of hydrogen-bond acceptors (Lipinski definition) is 8. The van der Waals surface area contributed by atoms with Gasteiger partial charge in [-0.3, -0.25) is 20.6 Å². The van der Waals surface area contributed by atoms with E-state index in [-0.39, 0.29) is 5.91 Å². The minimum atomic E-state index is -0.312. The van der Waals surface area contributed by atoms with E-state index in [0.29, 0.717) is 29.4 Å². The van der Waals surface area contributed by atoms with Gasteiger partial charge in [0, 0.05) is 29.4 Å². The highest BCUT2D eigenvalue weighted by Gasteiger charge is 2.10. The number of anilines is 3. The molecule has 3 aromatic rings. The number of nitrogens with one attached hydrogen (secondary N) is 3. The normalized spacial score (nSPS) is 10.2. The van der Waals surface area contributed by atoms with Crippen molar-refractivity contribution in [3.05, 3.63) is 58.8 Å². The minimum Gasteiger partial charge on any atom is -0.393 e. The van der Waals surface area contributed by atoms with Crippen LogP contribution in [0.2, 0.25) is 0 Å². The average molecular weight is 355 g/mol.